The minimum atomic E-state index is -0.644. The average molecular weight is 236 g/mol. The lowest BCUT2D eigenvalue weighted by Crippen LogP contribution is -2.51. The summed E-state index contributed by atoms with van der Waals surface area (Å²) in [5, 5.41) is 7.76. The number of hydrogen-bond donors (Lipinski definition) is 1. The minimum absolute atomic E-state index is 0.101. The Balaban J connectivity index is 2.03. The molecule has 2 rings (SSSR count). The van der Waals surface area contributed by atoms with Crippen molar-refractivity contribution in [2.75, 3.05) is 0 Å². The Morgan fingerprint density at radius 2 is 2.47 bits per heavy atom. The smallest absolute Gasteiger partial charge is 0.158 e. The summed E-state index contributed by atoms with van der Waals surface area (Å²) >= 11 is 0. The zero-order valence-electron chi connectivity index (χ0n) is 10.5. The summed E-state index contributed by atoms with van der Waals surface area (Å²) < 4.78 is 1.61. The predicted molar refractivity (Wildman–Crippen MR) is 64.3 cm³/mol. The predicted octanol–water partition coefficient (Wildman–Crippen LogP) is 0.834. The first-order valence-electron chi connectivity index (χ1n) is 6.17. The van der Waals surface area contributed by atoms with Gasteiger partial charge in [0.1, 0.15) is 0 Å². The van der Waals surface area contributed by atoms with Crippen LogP contribution < -0.4 is 5.73 Å². The number of Topliss-reactive ketones (excluding diaryl/α,β-unsaturated/α-hetero) is 1. The molecule has 2 atom stereocenters. The molecule has 0 radical (unpaired) electrons. The fourth-order valence-corrected chi connectivity index (χ4v) is 2.66. The molecule has 1 aromatic rings. The number of carbonyl (C=O) groups excluding carboxylic acids is 1. The number of nitrogens with two attached hydrogens (primary N) is 1. The summed E-state index contributed by atoms with van der Waals surface area (Å²) in [5.74, 6) is 0.643. The number of aromatic nitrogens is 3. The molecule has 1 aliphatic rings. The van der Waals surface area contributed by atoms with Crippen molar-refractivity contribution in [3.05, 3.63) is 11.9 Å². The van der Waals surface area contributed by atoms with E-state index in [0.717, 1.165) is 19.3 Å². The van der Waals surface area contributed by atoms with E-state index >= 15 is 0 Å². The van der Waals surface area contributed by atoms with Crippen LogP contribution in [0.1, 0.15) is 38.3 Å². The maximum absolute atomic E-state index is 12.2. The third-order valence-corrected chi connectivity index (χ3v) is 3.58. The Morgan fingerprint density at radius 3 is 3.06 bits per heavy atom. The van der Waals surface area contributed by atoms with Crippen LogP contribution >= 0.6 is 0 Å². The van der Waals surface area contributed by atoms with Gasteiger partial charge in [-0.2, -0.15) is 0 Å². The quantitative estimate of drug-likeness (QED) is 0.843. The highest BCUT2D eigenvalue weighted by atomic mass is 16.1. The van der Waals surface area contributed by atoms with Crippen molar-refractivity contribution in [3.63, 3.8) is 0 Å². The number of nitrogens with zero attached hydrogens (tertiary/aromatic N) is 3. The fraction of sp³-hybridized carbons (Fsp3) is 0.750. The van der Waals surface area contributed by atoms with Crippen LogP contribution in [0.5, 0.6) is 0 Å². The zero-order valence-corrected chi connectivity index (χ0v) is 10.5. The van der Waals surface area contributed by atoms with Crippen molar-refractivity contribution in [2.24, 2.45) is 18.7 Å². The van der Waals surface area contributed by atoms with Gasteiger partial charge < -0.3 is 5.73 Å². The lowest BCUT2D eigenvalue weighted by Gasteiger charge is -2.35. The molecular formula is C12H20N4O. The number of carbonyl (C=O) groups is 1. The van der Waals surface area contributed by atoms with Crippen LogP contribution in [-0.4, -0.2) is 26.3 Å². The van der Waals surface area contributed by atoms with Crippen molar-refractivity contribution in [3.8, 4) is 0 Å². The maximum Gasteiger partial charge on any atom is 0.158 e. The fourth-order valence-electron chi connectivity index (χ4n) is 2.66. The van der Waals surface area contributed by atoms with Gasteiger partial charge in [-0.25, -0.2) is 0 Å². The van der Waals surface area contributed by atoms with E-state index in [4.69, 9.17) is 5.73 Å². The SMILES string of the molecule is CC1CCCC(N)(C(=O)Cc2cn(C)nn2)C1. The summed E-state index contributed by atoms with van der Waals surface area (Å²) in [5.41, 5.74) is 6.31. The maximum atomic E-state index is 12.2. The Hall–Kier alpha value is -1.23. The molecule has 0 aliphatic heterocycles. The van der Waals surface area contributed by atoms with E-state index in [9.17, 15) is 4.79 Å². The van der Waals surface area contributed by atoms with Gasteiger partial charge in [0.2, 0.25) is 0 Å². The molecule has 1 aromatic heterocycles. The second kappa shape index (κ2) is 4.56. The Morgan fingerprint density at radius 1 is 1.71 bits per heavy atom. The van der Waals surface area contributed by atoms with Crippen molar-refractivity contribution >= 4 is 5.78 Å². The van der Waals surface area contributed by atoms with Gasteiger partial charge in [0.15, 0.2) is 5.78 Å². The first-order valence-corrected chi connectivity index (χ1v) is 6.17. The molecule has 0 bridgehead atoms. The van der Waals surface area contributed by atoms with Gasteiger partial charge in [0.05, 0.1) is 17.7 Å². The average Bonchev–Trinajstić information content (AvgIpc) is 2.63. The summed E-state index contributed by atoms with van der Waals surface area (Å²) in [4.78, 5) is 12.2. The topological polar surface area (TPSA) is 73.8 Å². The molecule has 0 aromatic carbocycles. The molecule has 0 amide bonds. The standard InChI is InChI=1S/C12H20N4O/c1-9-4-3-5-12(13,7-9)11(17)6-10-8-16(2)15-14-10/h8-9H,3-7,13H2,1-2H3. The van der Waals surface area contributed by atoms with E-state index < -0.39 is 5.54 Å². The van der Waals surface area contributed by atoms with E-state index in [1.165, 1.54) is 6.42 Å². The molecule has 0 spiro atoms. The molecule has 5 nitrogen and oxygen atoms in total. The Labute approximate surface area is 101 Å². The van der Waals surface area contributed by atoms with Crippen LogP contribution in [0.2, 0.25) is 0 Å². The third kappa shape index (κ3) is 2.72. The van der Waals surface area contributed by atoms with Crippen LogP contribution in [0, 0.1) is 5.92 Å². The molecule has 2 N–H and O–H groups in total. The van der Waals surface area contributed by atoms with Crippen molar-refractivity contribution < 1.29 is 4.79 Å². The second-order valence-electron chi connectivity index (χ2n) is 5.34. The first kappa shape index (κ1) is 12.2. The number of aryl methyl sites for hydroxylation is 1. The summed E-state index contributed by atoms with van der Waals surface area (Å²) in [6, 6.07) is 0. The zero-order chi connectivity index (χ0) is 12.5. The highest BCUT2D eigenvalue weighted by molar-refractivity contribution is 5.89. The van der Waals surface area contributed by atoms with Gasteiger partial charge >= 0.3 is 0 Å². The normalized spacial score (nSPS) is 29.2. The van der Waals surface area contributed by atoms with Crippen molar-refractivity contribution in [1.29, 1.82) is 0 Å². The van der Waals surface area contributed by atoms with Gasteiger partial charge in [-0.3, -0.25) is 9.48 Å². The third-order valence-electron chi connectivity index (χ3n) is 3.58. The summed E-state index contributed by atoms with van der Waals surface area (Å²) in [6.45, 7) is 2.16. The number of hydrogen-bond acceptors (Lipinski definition) is 4. The molecule has 1 saturated carbocycles. The number of ketones is 1. The largest absolute Gasteiger partial charge is 0.319 e. The first-order chi connectivity index (χ1) is 7.99. The van der Waals surface area contributed by atoms with Crippen LogP contribution in [-0.2, 0) is 18.3 Å². The monoisotopic (exact) mass is 236 g/mol. The Bertz CT molecular complexity index is 414. The van der Waals surface area contributed by atoms with E-state index in [0.29, 0.717) is 18.0 Å². The molecule has 1 aliphatic carbocycles. The van der Waals surface area contributed by atoms with E-state index in [1.807, 2.05) is 0 Å². The molecular weight excluding hydrogens is 216 g/mol. The van der Waals surface area contributed by atoms with Crippen LogP contribution in [0.4, 0.5) is 0 Å². The second-order valence-corrected chi connectivity index (χ2v) is 5.34. The Kier molecular flexibility index (Phi) is 3.28. The van der Waals surface area contributed by atoms with Crippen molar-refractivity contribution in [1.82, 2.24) is 15.0 Å². The molecule has 1 fully saturated rings. The van der Waals surface area contributed by atoms with E-state index in [1.54, 1.807) is 17.9 Å². The highest BCUT2D eigenvalue weighted by Crippen LogP contribution is 2.31. The van der Waals surface area contributed by atoms with Crippen LogP contribution in [0.25, 0.3) is 0 Å². The summed E-state index contributed by atoms with van der Waals surface area (Å²) in [7, 11) is 1.79. The molecule has 5 heteroatoms. The van der Waals surface area contributed by atoms with Gasteiger partial charge in [-0.15, -0.1) is 5.10 Å². The van der Waals surface area contributed by atoms with Crippen LogP contribution in [0.15, 0.2) is 6.20 Å². The lowest BCUT2D eigenvalue weighted by atomic mass is 9.74. The van der Waals surface area contributed by atoms with Gasteiger partial charge in [0.25, 0.3) is 0 Å². The van der Waals surface area contributed by atoms with E-state index in [2.05, 4.69) is 17.2 Å². The van der Waals surface area contributed by atoms with E-state index in [-0.39, 0.29) is 5.78 Å². The molecule has 0 saturated heterocycles. The van der Waals surface area contributed by atoms with Crippen molar-refractivity contribution in [2.45, 2.75) is 44.6 Å². The lowest BCUT2D eigenvalue weighted by molar-refractivity contribution is -0.125. The molecule has 17 heavy (non-hydrogen) atoms. The molecule has 2 unspecified atom stereocenters. The van der Waals surface area contributed by atoms with Gasteiger partial charge in [-0.05, 0) is 18.8 Å². The van der Waals surface area contributed by atoms with Gasteiger partial charge in [-0.1, -0.05) is 25.0 Å². The van der Waals surface area contributed by atoms with Crippen LogP contribution in [0.3, 0.4) is 0 Å². The highest BCUT2D eigenvalue weighted by Gasteiger charge is 2.37. The molecule has 1 heterocycles. The number of rotatable bonds is 3. The van der Waals surface area contributed by atoms with Gasteiger partial charge in [0, 0.05) is 13.2 Å². The minimum Gasteiger partial charge on any atom is -0.319 e. The summed E-state index contributed by atoms with van der Waals surface area (Å²) in [6.07, 6.45) is 5.90. The molecule has 94 valence electrons.